The number of carbonyl (C=O) groups excluding carboxylic acids is 2. The molecule has 2 aromatic heterocycles. The molecule has 4 rings (SSSR count). The summed E-state index contributed by atoms with van der Waals surface area (Å²) in [7, 11) is 0. The first-order valence-electron chi connectivity index (χ1n) is 9.67. The van der Waals surface area contributed by atoms with Gasteiger partial charge in [-0.25, -0.2) is 4.98 Å². The number of amides is 2. The van der Waals surface area contributed by atoms with Gasteiger partial charge in [-0.05, 0) is 31.9 Å². The van der Waals surface area contributed by atoms with E-state index in [0.717, 1.165) is 0 Å². The van der Waals surface area contributed by atoms with Crippen LogP contribution in [0, 0.1) is 13.8 Å². The number of nitrogens with one attached hydrogen (secondary N) is 1. The van der Waals surface area contributed by atoms with E-state index in [1.807, 2.05) is 0 Å². The lowest BCUT2D eigenvalue weighted by atomic mass is 9.72. The Bertz CT molecular complexity index is 1130. The number of aromatic nitrogens is 1. The number of fused-ring (bicyclic) bond motifs is 1. The molecule has 1 aliphatic heterocycles. The molecule has 1 fully saturated rings. The van der Waals surface area contributed by atoms with Crippen molar-refractivity contribution in [2.75, 3.05) is 13.2 Å². The molecule has 1 unspecified atom stereocenters. The number of piperidine rings is 1. The Balaban J connectivity index is 1.94. The first-order valence-corrected chi connectivity index (χ1v) is 9.67. The number of benzene rings is 1. The lowest BCUT2D eigenvalue weighted by molar-refractivity contribution is -0.130. The SMILES string of the molecule is Cc1ncc(COc2ccc3oc(C)c(C(N)=O)c3c2C2(CO)CCCNC2=O)o1. The Kier molecular flexibility index (Phi) is 4.98. The summed E-state index contributed by atoms with van der Waals surface area (Å²) < 4.78 is 17.2. The zero-order chi connectivity index (χ0) is 21.5. The van der Waals surface area contributed by atoms with Gasteiger partial charge in [0.1, 0.15) is 29.1 Å². The Morgan fingerprint density at radius 2 is 2.17 bits per heavy atom. The maximum atomic E-state index is 13.0. The Morgan fingerprint density at radius 3 is 2.80 bits per heavy atom. The van der Waals surface area contributed by atoms with Gasteiger partial charge in [0.15, 0.2) is 11.7 Å². The Labute approximate surface area is 172 Å². The quantitative estimate of drug-likeness (QED) is 0.560. The molecule has 0 aliphatic carbocycles. The van der Waals surface area contributed by atoms with Gasteiger partial charge in [-0.1, -0.05) is 0 Å². The van der Waals surface area contributed by atoms with Crippen LogP contribution in [0.5, 0.6) is 5.75 Å². The summed E-state index contributed by atoms with van der Waals surface area (Å²) in [5.74, 6) is 0.669. The molecule has 0 radical (unpaired) electrons. The number of hydrogen-bond donors (Lipinski definition) is 3. The second-order valence-corrected chi connectivity index (χ2v) is 7.44. The lowest BCUT2D eigenvalue weighted by Crippen LogP contribution is -2.51. The van der Waals surface area contributed by atoms with Crippen LogP contribution in [-0.4, -0.2) is 35.1 Å². The highest BCUT2D eigenvalue weighted by atomic mass is 16.5. The van der Waals surface area contributed by atoms with Gasteiger partial charge in [-0.3, -0.25) is 9.59 Å². The third-order valence-corrected chi connectivity index (χ3v) is 5.53. The number of aliphatic hydroxyl groups is 1. The van der Waals surface area contributed by atoms with Crippen molar-refractivity contribution in [1.29, 1.82) is 0 Å². The third-order valence-electron chi connectivity index (χ3n) is 5.53. The van der Waals surface area contributed by atoms with Gasteiger partial charge >= 0.3 is 0 Å². The van der Waals surface area contributed by atoms with Crippen molar-refractivity contribution in [1.82, 2.24) is 10.3 Å². The highest BCUT2D eigenvalue weighted by molar-refractivity contribution is 6.10. The van der Waals surface area contributed by atoms with Crippen molar-refractivity contribution < 1.29 is 28.3 Å². The number of nitrogens with two attached hydrogens (primary N) is 1. The van der Waals surface area contributed by atoms with E-state index < -0.39 is 17.9 Å². The molecule has 9 heteroatoms. The summed E-state index contributed by atoms with van der Waals surface area (Å²) in [6, 6.07) is 3.32. The number of hydrogen-bond acceptors (Lipinski definition) is 7. The van der Waals surface area contributed by atoms with Crippen LogP contribution in [0.1, 0.15) is 46.2 Å². The molecular weight excluding hydrogens is 390 g/mol. The molecule has 3 heterocycles. The van der Waals surface area contributed by atoms with E-state index in [9.17, 15) is 14.7 Å². The van der Waals surface area contributed by atoms with E-state index in [-0.39, 0.29) is 18.1 Å². The van der Waals surface area contributed by atoms with Crippen LogP contribution in [0.25, 0.3) is 11.0 Å². The van der Waals surface area contributed by atoms with E-state index in [1.165, 1.54) is 0 Å². The van der Waals surface area contributed by atoms with E-state index in [1.54, 1.807) is 32.2 Å². The van der Waals surface area contributed by atoms with Crippen molar-refractivity contribution in [3.05, 3.63) is 46.9 Å². The van der Waals surface area contributed by atoms with Gasteiger partial charge in [0.25, 0.3) is 5.91 Å². The van der Waals surface area contributed by atoms with Crippen LogP contribution in [-0.2, 0) is 16.8 Å². The van der Waals surface area contributed by atoms with E-state index >= 15 is 0 Å². The second-order valence-electron chi connectivity index (χ2n) is 7.44. The smallest absolute Gasteiger partial charge is 0.252 e. The molecule has 0 spiro atoms. The number of nitrogens with zero attached hydrogens (tertiary/aromatic N) is 1. The Morgan fingerprint density at radius 1 is 1.37 bits per heavy atom. The molecule has 1 aliphatic rings. The minimum atomic E-state index is -1.30. The predicted molar refractivity (Wildman–Crippen MR) is 106 cm³/mol. The number of furan rings is 1. The van der Waals surface area contributed by atoms with Crippen molar-refractivity contribution in [3.63, 3.8) is 0 Å². The minimum absolute atomic E-state index is 0.0607. The van der Waals surface area contributed by atoms with Crippen LogP contribution < -0.4 is 15.8 Å². The van der Waals surface area contributed by atoms with E-state index in [2.05, 4.69) is 10.3 Å². The fourth-order valence-electron chi connectivity index (χ4n) is 4.15. The van der Waals surface area contributed by atoms with E-state index in [0.29, 0.717) is 59.1 Å². The fraction of sp³-hybridized carbons (Fsp3) is 0.381. The number of carbonyl (C=O) groups is 2. The zero-order valence-electron chi connectivity index (χ0n) is 16.8. The molecule has 1 aromatic carbocycles. The van der Waals surface area contributed by atoms with Crippen LogP contribution >= 0.6 is 0 Å². The minimum Gasteiger partial charge on any atom is -0.485 e. The first kappa shape index (κ1) is 20.0. The summed E-state index contributed by atoms with van der Waals surface area (Å²) in [6.07, 6.45) is 2.60. The average molecular weight is 413 g/mol. The Hall–Kier alpha value is -3.33. The van der Waals surface area contributed by atoms with Crippen LogP contribution in [0.4, 0.5) is 0 Å². The molecule has 4 N–H and O–H groups in total. The monoisotopic (exact) mass is 413 g/mol. The fourth-order valence-corrected chi connectivity index (χ4v) is 4.15. The zero-order valence-corrected chi connectivity index (χ0v) is 16.8. The molecule has 158 valence electrons. The van der Waals surface area contributed by atoms with Gasteiger partial charge < -0.3 is 29.7 Å². The summed E-state index contributed by atoms with van der Waals surface area (Å²) >= 11 is 0. The number of primary amides is 1. The molecule has 9 nitrogen and oxygen atoms in total. The summed E-state index contributed by atoms with van der Waals surface area (Å²) in [5.41, 5.74) is 5.29. The summed E-state index contributed by atoms with van der Waals surface area (Å²) in [4.78, 5) is 29.3. The van der Waals surface area contributed by atoms with Crippen LogP contribution in [0.3, 0.4) is 0 Å². The number of aliphatic hydroxyl groups excluding tert-OH is 1. The van der Waals surface area contributed by atoms with E-state index in [4.69, 9.17) is 19.3 Å². The maximum Gasteiger partial charge on any atom is 0.252 e. The molecular formula is C21H23N3O6. The van der Waals surface area contributed by atoms with Crippen molar-refractivity contribution in [3.8, 4) is 5.75 Å². The number of rotatable bonds is 6. The third kappa shape index (κ3) is 3.11. The van der Waals surface area contributed by atoms with Gasteiger partial charge in [-0.2, -0.15) is 0 Å². The van der Waals surface area contributed by atoms with Gasteiger partial charge in [0, 0.05) is 24.4 Å². The molecule has 3 aromatic rings. The van der Waals surface area contributed by atoms with Crippen LogP contribution in [0.2, 0.25) is 0 Å². The van der Waals surface area contributed by atoms with Gasteiger partial charge in [0.05, 0.1) is 18.4 Å². The van der Waals surface area contributed by atoms with Crippen molar-refractivity contribution >= 4 is 22.8 Å². The van der Waals surface area contributed by atoms with Crippen molar-refractivity contribution in [2.24, 2.45) is 5.73 Å². The molecule has 0 bridgehead atoms. The predicted octanol–water partition coefficient (Wildman–Crippen LogP) is 1.86. The molecule has 30 heavy (non-hydrogen) atoms. The molecule has 2 amide bonds. The topological polar surface area (TPSA) is 141 Å². The van der Waals surface area contributed by atoms with Crippen LogP contribution in [0.15, 0.2) is 27.2 Å². The van der Waals surface area contributed by atoms with Gasteiger partial charge in [-0.15, -0.1) is 0 Å². The summed E-state index contributed by atoms with van der Waals surface area (Å²) in [6.45, 7) is 3.47. The number of oxazole rings is 1. The lowest BCUT2D eigenvalue weighted by Gasteiger charge is -2.36. The first-order chi connectivity index (χ1) is 14.4. The number of aryl methyl sites for hydroxylation is 2. The highest BCUT2D eigenvalue weighted by Gasteiger charge is 2.46. The highest BCUT2D eigenvalue weighted by Crippen LogP contribution is 2.45. The normalized spacial score (nSPS) is 19.1. The summed E-state index contributed by atoms with van der Waals surface area (Å²) in [5, 5.41) is 13.6. The maximum absolute atomic E-state index is 13.0. The standard InChI is InChI=1S/C21H23N3O6/c1-11-16(19(22)26)17-14(29-11)4-5-15(28-9-13-8-24-12(2)30-13)18(17)21(10-25)6-3-7-23-20(21)27/h4-5,8,25H,3,6-7,9-10H2,1-2H3,(H2,22,26)(H,23,27). The number of ether oxygens (including phenoxy) is 1. The largest absolute Gasteiger partial charge is 0.485 e. The van der Waals surface area contributed by atoms with Gasteiger partial charge in [0.2, 0.25) is 5.91 Å². The molecule has 1 saturated heterocycles. The second kappa shape index (κ2) is 7.49. The van der Waals surface area contributed by atoms with Crippen molar-refractivity contribution in [2.45, 2.75) is 38.7 Å². The average Bonchev–Trinajstić information content (AvgIpc) is 3.28. The molecule has 1 atom stereocenters. The molecule has 0 saturated carbocycles.